The van der Waals surface area contributed by atoms with E-state index in [9.17, 15) is 19.7 Å². The summed E-state index contributed by atoms with van der Waals surface area (Å²) in [7, 11) is 1.60. The van der Waals surface area contributed by atoms with Gasteiger partial charge in [0.1, 0.15) is 46.7 Å². The molecule has 1 saturated heterocycles. The SMILES string of the molecule is C[C@@H]1CN(c2c(C#N)c(=O)n(C)c3ccc(C#N)nc23)[C@@H](C)CN1C(c1ccc(F)cc1)c1ccon1. The number of aromatic nitrogens is 3. The normalized spacial score (nSPS) is 18.9. The average molecular weight is 498 g/mol. The zero-order chi connectivity index (χ0) is 26.3. The maximum Gasteiger partial charge on any atom is 0.270 e. The second-order valence-electron chi connectivity index (χ2n) is 9.30. The number of nitrogens with zero attached hydrogens (tertiary/aromatic N) is 7. The number of piperazine rings is 1. The molecule has 1 aromatic carbocycles. The van der Waals surface area contributed by atoms with Crippen LogP contribution in [0.2, 0.25) is 0 Å². The van der Waals surface area contributed by atoms with Crippen molar-refractivity contribution in [2.24, 2.45) is 7.05 Å². The minimum Gasteiger partial charge on any atom is -0.364 e. The first-order valence-electron chi connectivity index (χ1n) is 11.9. The van der Waals surface area contributed by atoms with Crippen LogP contribution in [0.4, 0.5) is 10.1 Å². The molecule has 0 bridgehead atoms. The number of hydrogen-bond acceptors (Lipinski definition) is 8. The van der Waals surface area contributed by atoms with E-state index in [0.717, 1.165) is 5.56 Å². The Morgan fingerprint density at radius 1 is 1.05 bits per heavy atom. The molecule has 1 aliphatic rings. The fourth-order valence-electron chi connectivity index (χ4n) is 5.20. The van der Waals surface area contributed by atoms with Gasteiger partial charge in [-0.05, 0) is 43.7 Å². The summed E-state index contributed by atoms with van der Waals surface area (Å²) < 4.78 is 20.2. The van der Waals surface area contributed by atoms with Crippen molar-refractivity contribution < 1.29 is 8.91 Å². The Hall–Kier alpha value is -4.54. The summed E-state index contributed by atoms with van der Waals surface area (Å²) in [5, 5.41) is 23.6. The van der Waals surface area contributed by atoms with E-state index in [1.165, 1.54) is 23.0 Å². The van der Waals surface area contributed by atoms with E-state index >= 15 is 0 Å². The van der Waals surface area contributed by atoms with Crippen LogP contribution in [0.3, 0.4) is 0 Å². The van der Waals surface area contributed by atoms with E-state index < -0.39 is 5.56 Å². The van der Waals surface area contributed by atoms with Crippen LogP contribution in [0.5, 0.6) is 0 Å². The van der Waals surface area contributed by atoms with Crippen LogP contribution in [-0.4, -0.2) is 44.8 Å². The molecular weight excluding hydrogens is 473 g/mol. The van der Waals surface area contributed by atoms with E-state index in [1.807, 2.05) is 17.9 Å². The van der Waals surface area contributed by atoms with Crippen molar-refractivity contribution in [1.82, 2.24) is 19.6 Å². The minimum absolute atomic E-state index is 0.00308. The first-order chi connectivity index (χ1) is 17.8. The fraction of sp³-hybridized carbons (Fsp3) is 0.296. The number of anilines is 1. The van der Waals surface area contributed by atoms with Gasteiger partial charge < -0.3 is 14.0 Å². The van der Waals surface area contributed by atoms with Gasteiger partial charge in [0.25, 0.3) is 5.56 Å². The van der Waals surface area contributed by atoms with E-state index in [1.54, 1.807) is 37.4 Å². The Morgan fingerprint density at radius 2 is 1.81 bits per heavy atom. The zero-order valence-corrected chi connectivity index (χ0v) is 20.6. The van der Waals surface area contributed by atoms with Crippen LogP contribution in [0.15, 0.2) is 58.0 Å². The molecule has 3 aromatic heterocycles. The highest BCUT2D eigenvalue weighted by Gasteiger charge is 2.38. The maximum absolute atomic E-state index is 13.7. The smallest absolute Gasteiger partial charge is 0.270 e. The minimum atomic E-state index is -0.412. The number of halogens is 1. The summed E-state index contributed by atoms with van der Waals surface area (Å²) in [6, 6.07) is 15.0. The molecule has 1 fully saturated rings. The molecule has 3 atom stereocenters. The van der Waals surface area contributed by atoms with E-state index in [-0.39, 0.29) is 35.2 Å². The van der Waals surface area contributed by atoms with Crippen molar-refractivity contribution in [1.29, 1.82) is 10.5 Å². The molecule has 4 heterocycles. The van der Waals surface area contributed by atoms with Crippen LogP contribution in [0.25, 0.3) is 11.0 Å². The largest absolute Gasteiger partial charge is 0.364 e. The molecule has 0 spiro atoms. The summed E-state index contributed by atoms with van der Waals surface area (Å²) in [4.78, 5) is 21.9. The Kier molecular flexibility index (Phi) is 6.20. The number of aryl methyl sites for hydroxylation is 1. The van der Waals surface area contributed by atoms with Gasteiger partial charge in [-0.15, -0.1) is 0 Å². The average Bonchev–Trinajstić information content (AvgIpc) is 3.43. The Balaban J connectivity index is 1.60. The van der Waals surface area contributed by atoms with Crippen molar-refractivity contribution in [3.63, 3.8) is 0 Å². The summed E-state index contributed by atoms with van der Waals surface area (Å²) >= 11 is 0. The van der Waals surface area contributed by atoms with Crippen molar-refractivity contribution in [2.75, 3.05) is 18.0 Å². The number of benzene rings is 1. The van der Waals surface area contributed by atoms with Crippen molar-refractivity contribution in [3.05, 3.63) is 87.4 Å². The number of pyridine rings is 2. The van der Waals surface area contributed by atoms with Gasteiger partial charge in [-0.25, -0.2) is 9.37 Å². The van der Waals surface area contributed by atoms with Gasteiger partial charge in [0.15, 0.2) is 0 Å². The lowest BCUT2D eigenvalue weighted by Gasteiger charge is -2.48. The van der Waals surface area contributed by atoms with Crippen LogP contribution >= 0.6 is 0 Å². The van der Waals surface area contributed by atoms with Gasteiger partial charge in [0, 0.05) is 38.3 Å². The second kappa shape index (κ2) is 9.49. The summed E-state index contributed by atoms with van der Waals surface area (Å²) in [6.07, 6.45) is 1.51. The van der Waals surface area contributed by atoms with Crippen LogP contribution in [0, 0.1) is 28.5 Å². The zero-order valence-electron chi connectivity index (χ0n) is 20.6. The molecule has 10 heteroatoms. The number of hydrogen-bond donors (Lipinski definition) is 0. The standard InChI is InChI=1S/C27H24FN7O2/c1-16-15-35(26-21(13-30)27(36)33(3)23-9-8-20(12-29)31-24(23)26)17(2)14-34(16)25(22-10-11-37-32-22)18-4-6-19(28)7-5-18/h4-11,16-17,25H,14-15H2,1-3H3/t16-,17+,25?/m1/s1. The maximum atomic E-state index is 13.7. The lowest BCUT2D eigenvalue weighted by atomic mass is 9.96. The van der Waals surface area contributed by atoms with Gasteiger partial charge in [-0.1, -0.05) is 17.3 Å². The topological polar surface area (TPSA) is 115 Å². The summed E-state index contributed by atoms with van der Waals surface area (Å²) in [6.45, 7) is 5.10. The molecule has 0 radical (unpaired) electrons. The van der Waals surface area contributed by atoms with E-state index in [4.69, 9.17) is 4.52 Å². The molecule has 0 amide bonds. The van der Waals surface area contributed by atoms with Crippen molar-refractivity contribution >= 4 is 16.7 Å². The fourth-order valence-corrected chi connectivity index (χ4v) is 5.20. The second-order valence-corrected chi connectivity index (χ2v) is 9.30. The highest BCUT2D eigenvalue weighted by molar-refractivity contribution is 5.92. The Labute approximate surface area is 212 Å². The molecular formula is C27H24FN7O2. The molecule has 1 unspecified atom stereocenters. The molecule has 9 nitrogen and oxygen atoms in total. The van der Waals surface area contributed by atoms with E-state index in [2.05, 4.69) is 28.0 Å². The Morgan fingerprint density at radius 3 is 2.46 bits per heavy atom. The third kappa shape index (κ3) is 4.11. The highest BCUT2D eigenvalue weighted by atomic mass is 19.1. The highest BCUT2D eigenvalue weighted by Crippen LogP contribution is 2.36. The first-order valence-corrected chi connectivity index (χ1v) is 11.9. The van der Waals surface area contributed by atoms with Crippen LogP contribution in [0.1, 0.15) is 42.4 Å². The van der Waals surface area contributed by atoms with Gasteiger partial charge >= 0.3 is 0 Å². The quantitative estimate of drug-likeness (QED) is 0.421. The molecule has 0 aliphatic carbocycles. The summed E-state index contributed by atoms with van der Waals surface area (Å²) in [5.74, 6) is -0.320. The van der Waals surface area contributed by atoms with E-state index in [0.29, 0.717) is 35.5 Å². The molecule has 0 N–H and O–H groups in total. The lowest BCUT2D eigenvalue weighted by molar-refractivity contribution is 0.125. The van der Waals surface area contributed by atoms with Gasteiger partial charge in [0.05, 0.1) is 17.2 Å². The molecule has 4 aromatic rings. The number of rotatable bonds is 4. The lowest BCUT2D eigenvalue weighted by Crippen LogP contribution is -2.58. The predicted molar refractivity (Wildman–Crippen MR) is 134 cm³/mol. The molecule has 0 saturated carbocycles. The van der Waals surface area contributed by atoms with Crippen LogP contribution in [-0.2, 0) is 7.05 Å². The molecule has 5 rings (SSSR count). The number of fused-ring (bicyclic) bond motifs is 1. The van der Waals surface area contributed by atoms with Crippen molar-refractivity contribution in [2.45, 2.75) is 32.0 Å². The van der Waals surface area contributed by atoms with Gasteiger partial charge in [-0.2, -0.15) is 10.5 Å². The van der Waals surface area contributed by atoms with Gasteiger partial charge in [-0.3, -0.25) is 9.69 Å². The third-order valence-electron chi connectivity index (χ3n) is 7.02. The summed E-state index contributed by atoms with van der Waals surface area (Å²) in [5.41, 5.74) is 2.80. The molecule has 1 aliphatic heterocycles. The third-order valence-corrected chi connectivity index (χ3v) is 7.02. The Bertz CT molecular complexity index is 1600. The van der Waals surface area contributed by atoms with Crippen LogP contribution < -0.4 is 10.5 Å². The molecule has 37 heavy (non-hydrogen) atoms. The van der Waals surface area contributed by atoms with Gasteiger partial charge in [0.2, 0.25) is 0 Å². The predicted octanol–water partition coefficient (Wildman–Crippen LogP) is 3.49. The molecule has 186 valence electrons. The monoisotopic (exact) mass is 497 g/mol. The number of nitriles is 2. The first kappa shape index (κ1) is 24.2. The van der Waals surface area contributed by atoms with Crippen molar-refractivity contribution in [3.8, 4) is 12.1 Å².